The van der Waals surface area contributed by atoms with Crippen LogP contribution in [0.1, 0.15) is 47.0 Å². The van der Waals surface area contributed by atoms with Gasteiger partial charge in [-0.25, -0.2) is 0 Å². The minimum atomic E-state index is 0.166. The van der Waals surface area contributed by atoms with E-state index in [0.717, 1.165) is 6.54 Å². The topological polar surface area (TPSA) is 29.3 Å². The van der Waals surface area contributed by atoms with Crippen molar-refractivity contribution in [2.75, 3.05) is 6.54 Å². The third-order valence-electron chi connectivity index (χ3n) is 3.39. The van der Waals surface area contributed by atoms with Crippen LogP contribution in [-0.2, 0) is 0 Å². The molecule has 0 radical (unpaired) electrons. The number of hydrogen-bond acceptors (Lipinski definition) is 2. The SMILES string of the molecule is C[C@@H]1CCC[C@H](C)N1C(C)(C)CN. The molecule has 2 nitrogen and oxygen atoms in total. The van der Waals surface area contributed by atoms with Gasteiger partial charge >= 0.3 is 0 Å². The highest BCUT2D eigenvalue weighted by Gasteiger charge is 2.35. The van der Waals surface area contributed by atoms with Crippen molar-refractivity contribution in [1.29, 1.82) is 0 Å². The van der Waals surface area contributed by atoms with E-state index in [4.69, 9.17) is 5.73 Å². The Balaban J connectivity index is 2.73. The van der Waals surface area contributed by atoms with Crippen LogP contribution in [0.25, 0.3) is 0 Å². The molecule has 1 rings (SSSR count). The Morgan fingerprint density at radius 2 is 1.69 bits per heavy atom. The maximum atomic E-state index is 5.82. The number of rotatable bonds is 2. The summed E-state index contributed by atoms with van der Waals surface area (Å²) >= 11 is 0. The van der Waals surface area contributed by atoms with E-state index in [1.54, 1.807) is 0 Å². The molecule has 0 aromatic carbocycles. The van der Waals surface area contributed by atoms with Crippen molar-refractivity contribution in [3.05, 3.63) is 0 Å². The molecular formula is C11H24N2. The third-order valence-corrected chi connectivity index (χ3v) is 3.39. The zero-order valence-electron chi connectivity index (χ0n) is 9.51. The van der Waals surface area contributed by atoms with Crippen LogP contribution in [0.5, 0.6) is 0 Å². The zero-order chi connectivity index (χ0) is 10.1. The zero-order valence-corrected chi connectivity index (χ0v) is 9.51. The standard InChI is InChI=1S/C11H24N2/c1-9-6-5-7-10(2)13(9)11(3,4)8-12/h9-10H,5-8,12H2,1-4H3/t9-,10+. The molecule has 0 amide bonds. The van der Waals surface area contributed by atoms with Crippen LogP contribution in [-0.4, -0.2) is 29.1 Å². The van der Waals surface area contributed by atoms with Crippen LogP contribution < -0.4 is 5.73 Å². The smallest absolute Gasteiger partial charge is 0.0281 e. The molecule has 1 fully saturated rings. The molecule has 13 heavy (non-hydrogen) atoms. The van der Waals surface area contributed by atoms with E-state index in [1.165, 1.54) is 19.3 Å². The fourth-order valence-corrected chi connectivity index (χ4v) is 2.72. The summed E-state index contributed by atoms with van der Waals surface area (Å²) in [5.74, 6) is 0. The lowest BCUT2D eigenvalue weighted by molar-refractivity contribution is 0.0108. The van der Waals surface area contributed by atoms with Gasteiger partial charge < -0.3 is 5.73 Å². The molecule has 1 aliphatic heterocycles. The van der Waals surface area contributed by atoms with Gasteiger partial charge in [0.1, 0.15) is 0 Å². The molecule has 2 N–H and O–H groups in total. The Labute approximate surface area is 82.5 Å². The quantitative estimate of drug-likeness (QED) is 0.711. The fourth-order valence-electron chi connectivity index (χ4n) is 2.72. The largest absolute Gasteiger partial charge is 0.329 e. The number of nitrogens with two attached hydrogens (primary N) is 1. The summed E-state index contributed by atoms with van der Waals surface area (Å²) in [4.78, 5) is 2.59. The summed E-state index contributed by atoms with van der Waals surface area (Å²) in [6.45, 7) is 9.92. The van der Waals surface area contributed by atoms with Crippen LogP contribution in [0.4, 0.5) is 0 Å². The molecule has 0 unspecified atom stereocenters. The van der Waals surface area contributed by atoms with E-state index < -0.39 is 0 Å². The molecule has 0 aromatic heterocycles. The van der Waals surface area contributed by atoms with Gasteiger partial charge in [0.25, 0.3) is 0 Å². The van der Waals surface area contributed by atoms with Gasteiger partial charge in [0.2, 0.25) is 0 Å². The summed E-state index contributed by atoms with van der Waals surface area (Å²) in [5, 5.41) is 0. The summed E-state index contributed by atoms with van der Waals surface area (Å²) in [5.41, 5.74) is 5.99. The van der Waals surface area contributed by atoms with Crippen molar-refractivity contribution in [2.24, 2.45) is 5.73 Å². The summed E-state index contributed by atoms with van der Waals surface area (Å²) in [7, 11) is 0. The van der Waals surface area contributed by atoms with E-state index in [2.05, 4.69) is 32.6 Å². The van der Waals surface area contributed by atoms with Crippen LogP contribution >= 0.6 is 0 Å². The highest BCUT2D eigenvalue weighted by molar-refractivity contribution is 4.91. The lowest BCUT2D eigenvalue weighted by Gasteiger charge is -2.48. The first kappa shape index (κ1) is 11.0. The second-order valence-electron chi connectivity index (χ2n) is 5.05. The van der Waals surface area contributed by atoms with Gasteiger partial charge in [-0.3, -0.25) is 4.90 Å². The highest BCUT2D eigenvalue weighted by atomic mass is 15.3. The van der Waals surface area contributed by atoms with Crippen LogP contribution in [0, 0.1) is 0 Å². The second-order valence-corrected chi connectivity index (χ2v) is 5.05. The monoisotopic (exact) mass is 184 g/mol. The van der Waals surface area contributed by atoms with Crippen molar-refractivity contribution in [3.63, 3.8) is 0 Å². The molecule has 0 saturated carbocycles. The number of piperidine rings is 1. The molecule has 1 aliphatic rings. The van der Waals surface area contributed by atoms with E-state index >= 15 is 0 Å². The first-order valence-electron chi connectivity index (χ1n) is 5.47. The summed E-state index contributed by atoms with van der Waals surface area (Å²) < 4.78 is 0. The van der Waals surface area contributed by atoms with Crippen LogP contribution in [0.15, 0.2) is 0 Å². The van der Waals surface area contributed by atoms with Crippen molar-refractivity contribution in [3.8, 4) is 0 Å². The minimum Gasteiger partial charge on any atom is -0.329 e. The van der Waals surface area contributed by atoms with Crippen LogP contribution in [0.3, 0.4) is 0 Å². The Kier molecular flexibility index (Phi) is 3.36. The lowest BCUT2D eigenvalue weighted by atomic mass is 9.90. The van der Waals surface area contributed by atoms with Gasteiger partial charge in [-0.2, -0.15) is 0 Å². The van der Waals surface area contributed by atoms with Gasteiger partial charge in [0, 0.05) is 24.2 Å². The molecule has 0 bridgehead atoms. The van der Waals surface area contributed by atoms with Gasteiger partial charge in [-0.15, -0.1) is 0 Å². The normalized spacial score (nSPS) is 32.1. The fraction of sp³-hybridized carbons (Fsp3) is 1.00. The lowest BCUT2D eigenvalue weighted by Crippen LogP contribution is -2.58. The van der Waals surface area contributed by atoms with Crippen molar-refractivity contribution >= 4 is 0 Å². The predicted molar refractivity (Wildman–Crippen MR) is 57.7 cm³/mol. The van der Waals surface area contributed by atoms with Crippen molar-refractivity contribution < 1.29 is 0 Å². The average Bonchev–Trinajstić information content (AvgIpc) is 2.03. The molecule has 0 spiro atoms. The van der Waals surface area contributed by atoms with Gasteiger partial charge in [-0.1, -0.05) is 6.42 Å². The number of hydrogen-bond donors (Lipinski definition) is 1. The number of nitrogens with zero attached hydrogens (tertiary/aromatic N) is 1. The molecule has 0 aliphatic carbocycles. The molecule has 1 saturated heterocycles. The Morgan fingerprint density at radius 1 is 1.23 bits per heavy atom. The van der Waals surface area contributed by atoms with E-state index in [1.807, 2.05) is 0 Å². The molecule has 0 aromatic rings. The summed E-state index contributed by atoms with van der Waals surface area (Å²) in [6.07, 6.45) is 4.03. The first-order valence-corrected chi connectivity index (χ1v) is 5.47. The number of likely N-dealkylation sites (tertiary alicyclic amines) is 1. The maximum Gasteiger partial charge on any atom is 0.0281 e. The highest BCUT2D eigenvalue weighted by Crippen LogP contribution is 2.29. The predicted octanol–water partition coefficient (Wildman–Crippen LogP) is 1.99. The second kappa shape index (κ2) is 3.97. The van der Waals surface area contributed by atoms with Gasteiger partial charge in [0.15, 0.2) is 0 Å². The maximum absolute atomic E-state index is 5.82. The Bertz CT molecular complexity index is 155. The van der Waals surface area contributed by atoms with E-state index in [-0.39, 0.29) is 5.54 Å². The third kappa shape index (κ3) is 2.23. The average molecular weight is 184 g/mol. The van der Waals surface area contributed by atoms with E-state index in [9.17, 15) is 0 Å². The van der Waals surface area contributed by atoms with E-state index in [0.29, 0.717) is 12.1 Å². The Morgan fingerprint density at radius 3 is 2.08 bits per heavy atom. The van der Waals surface area contributed by atoms with Crippen molar-refractivity contribution in [1.82, 2.24) is 4.90 Å². The molecular weight excluding hydrogens is 160 g/mol. The molecule has 2 atom stereocenters. The van der Waals surface area contributed by atoms with Gasteiger partial charge in [0.05, 0.1) is 0 Å². The molecule has 2 heteroatoms. The minimum absolute atomic E-state index is 0.166. The summed E-state index contributed by atoms with van der Waals surface area (Å²) in [6, 6.07) is 1.39. The molecule has 1 heterocycles. The first-order chi connectivity index (χ1) is 5.99. The van der Waals surface area contributed by atoms with Crippen molar-refractivity contribution in [2.45, 2.75) is 64.6 Å². The molecule has 78 valence electrons. The van der Waals surface area contributed by atoms with Gasteiger partial charge in [-0.05, 0) is 40.5 Å². The van der Waals surface area contributed by atoms with Crippen LogP contribution in [0.2, 0.25) is 0 Å². The Hall–Kier alpha value is -0.0800.